The second kappa shape index (κ2) is 15.9. The fourth-order valence-electron chi connectivity index (χ4n) is 2.11. The van der Waals surface area contributed by atoms with Crippen molar-refractivity contribution in [2.45, 2.75) is 58.3 Å². The summed E-state index contributed by atoms with van der Waals surface area (Å²) in [6.45, 7) is 2.65. The van der Waals surface area contributed by atoms with Crippen LogP contribution in [0.5, 0.6) is 0 Å². The Balaban J connectivity index is 4.04. The number of aliphatic carboxylic acids is 2. The molecule has 0 heterocycles. The van der Waals surface area contributed by atoms with E-state index in [1.165, 1.54) is 30.6 Å². The van der Waals surface area contributed by atoms with E-state index < -0.39 is 11.9 Å². The SMILES string of the molecule is CCCCCCCCOC(=S)SCC(=O)N(CCC(=O)O)CCC(=O)O. The number of carboxylic acids is 2. The highest BCUT2D eigenvalue weighted by Gasteiger charge is 2.17. The molecule has 0 bridgehead atoms. The topological polar surface area (TPSA) is 104 Å². The smallest absolute Gasteiger partial charge is 0.305 e. The highest BCUT2D eigenvalue weighted by Crippen LogP contribution is 2.11. The molecule has 9 heteroatoms. The molecule has 0 radical (unpaired) electrons. The molecule has 26 heavy (non-hydrogen) atoms. The van der Waals surface area contributed by atoms with Gasteiger partial charge in [-0.15, -0.1) is 0 Å². The highest BCUT2D eigenvalue weighted by atomic mass is 32.2. The van der Waals surface area contributed by atoms with Crippen molar-refractivity contribution in [2.24, 2.45) is 0 Å². The summed E-state index contributed by atoms with van der Waals surface area (Å²) in [6.07, 6.45) is 6.42. The zero-order valence-electron chi connectivity index (χ0n) is 15.3. The van der Waals surface area contributed by atoms with Gasteiger partial charge in [0.15, 0.2) is 0 Å². The average Bonchev–Trinajstić information content (AvgIpc) is 2.58. The predicted molar refractivity (Wildman–Crippen MR) is 105 cm³/mol. The van der Waals surface area contributed by atoms with Crippen LogP contribution in [0.4, 0.5) is 0 Å². The minimum absolute atomic E-state index is 0.00850. The molecule has 0 rings (SSSR count). The first-order valence-electron chi connectivity index (χ1n) is 8.87. The zero-order valence-corrected chi connectivity index (χ0v) is 16.9. The third-order valence-corrected chi connectivity index (χ3v) is 4.79. The van der Waals surface area contributed by atoms with Crippen LogP contribution in [0.3, 0.4) is 0 Å². The molecule has 0 saturated heterocycles. The zero-order chi connectivity index (χ0) is 19.8. The molecule has 1 amide bonds. The Morgan fingerprint density at radius 3 is 2.04 bits per heavy atom. The largest absolute Gasteiger partial charge is 0.481 e. The molecule has 0 atom stereocenters. The number of thioether (sulfide) groups is 1. The number of unbranched alkanes of at least 4 members (excludes halogenated alkanes) is 5. The van der Waals surface area contributed by atoms with Gasteiger partial charge in [0.05, 0.1) is 25.2 Å². The maximum Gasteiger partial charge on any atom is 0.305 e. The Morgan fingerprint density at radius 1 is 0.962 bits per heavy atom. The molecular formula is C17H29NO6S2. The van der Waals surface area contributed by atoms with E-state index in [1.807, 2.05) is 0 Å². The van der Waals surface area contributed by atoms with Crippen molar-refractivity contribution in [2.75, 3.05) is 25.4 Å². The van der Waals surface area contributed by atoms with Gasteiger partial charge in [-0.25, -0.2) is 0 Å². The van der Waals surface area contributed by atoms with Gasteiger partial charge < -0.3 is 19.8 Å². The van der Waals surface area contributed by atoms with Gasteiger partial charge in [-0.05, 0) is 18.6 Å². The summed E-state index contributed by atoms with van der Waals surface area (Å²) in [5.74, 6) is -2.41. The number of hydrogen-bond acceptors (Lipinski definition) is 6. The van der Waals surface area contributed by atoms with Crippen molar-refractivity contribution in [3.8, 4) is 0 Å². The summed E-state index contributed by atoms with van der Waals surface area (Å²) in [7, 11) is 0. The van der Waals surface area contributed by atoms with Crippen LogP contribution in [0.15, 0.2) is 0 Å². The molecule has 2 N–H and O–H groups in total. The summed E-state index contributed by atoms with van der Waals surface area (Å²) in [5, 5.41) is 17.5. The molecule has 0 fully saturated rings. The van der Waals surface area contributed by atoms with Gasteiger partial charge in [-0.1, -0.05) is 50.8 Å². The Hall–Kier alpha value is -1.35. The van der Waals surface area contributed by atoms with Crippen LogP contribution in [0.25, 0.3) is 0 Å². The molecule has 0 aromatic heterocycles. The first-order valence-corrected chi connectivity index (χ1v) is 10.3. The number of carboxylic acid groups (broad SMARTS) is 2. The van der Waals surface area contributed by atoms with Gasteiger partial charge in [0.25, 0.3) is 0 Å². The van der Waals surface area contributed by atoms with Gasteiger partial charge in [-0.2, -0.15) is 0 Å². The van der Waals surface area contributed by atoms with Crippen LogP contribution in [-0.2, 0) is 19.1 Å². The van der Waals surface area contributed by atoms with E-state index in [0.29, 0.717) is 6.61 Å². The van der Waals surface area contributed by atoms with Crippen molar-refractivity contribution in [1.29, 1.82) is 0 Å². The van der Waals surface area contributed by atoms with Crippen LogP contribution in [-0.4, -0.2) is 62.8 Å². The maximum atomic E-state index is 12.2. The summed E-state index contributed by atoms with van der Waals surface area (Å²) in [5.41, 5.74) is 0. The molecule has 0 aliphatic heterocycles. The average molecular weight is 408 g/mol. The van der Waals surface area contributed by atoms with Crippen molar-refractivity contribution < 1.29 is 29.3 Å². The lowest BCUT2D eigenvalue weighted by molar-refractivity contribution is -0.138. The first kappa shape index (κ1) is 24.7. The molecule has 0 saturated carbocycles. The monoisotopic (exact) mass is 407 g/mol. The molecule has 0 spiro atoms. The molecular weight excluding hydrogens is 378 g/mol. The van der Waals surface area contributed by atoms with E-state index in [1.54, 1.807) is 0 Å². The van der Waals surface area contributed by atoms with Crippen LogP contribution in [0.1, 0.15) is 58.3 Å². The highest BCUT2D eigenvalue weighted by molar-refractivity contribution is 8.23. The molecule has 0 aromatic rings. The van der Waals surface area contributed by atoms with Crippen LogP contribution < -0.4 is 0 Å². The number of amides is 1. The molecule has 0 aromatic carbocycles. The Labute approximate surface area is 164 Å². The quantitative estimate of drug-likeness (QED) is 0.315. The van der Waals surface area contributed by atoms with E-state index in [2.05, 4.69) is 6.92 Å². The summed E-state index contributed by atoms with van der Waals surface area (Å²) in [4.78, 5) is 34.7. The number of carbonyl (C=O) groups is 3. The van der Waals surface area contributed by atoms with Crippen molar-refractivity contribution in [3.05, 3.63) is 0 Å². The van der Waals surface area contributed by atoms with Crippen LogP contribution in [0.2, 0.25) is 0 Å². The standard InChI is InChI=1S/C17H29NO6S2/c1-2-3-4-5-6-7-12-24-17(25)26-13-14(19)18(10-8-15(20)21)11-9-16(22)23/h2-13H2,1H3,(H,20,21)(H,22,23). The normalized spacial score (nSPS) is 10.3. The second-order valence-corrected chi connectivity index (χ2v) is 7.40. The van der Waals surface area contributed by atoms with Crippen molar-refractivity contribution in [1.82, 2.24) is 4.90 Å². The minimum atomic E-state index is -1.04. The fraction of sp³-hybridized carbons (Fsp3) is 0.765. The fourth-order valence-corrected chi connectivity index (χ4v) is 2.96. The minimum Gasteiger partial charge on any atom is -0.481 e. The molecule has 0 aliphatic carbocycles. The molecule has 0 aliphatic rings. The molecule has 7 nitrogen and oxygen atoms in total. The number of rotatable bonds is 15. The van der Waals surface area contributed by atoms with Gasteiger partial charge in [-0.3, -0.25) is 14.4 Å². The molecule has 0 unspecified atom stereocenters. The second-order valence-electron chi connectivity index (χ2n) is 5.82. The van der Waals surface area contributed by atoms with Crippen molar-refractivity contribution in [3.63, 3.8) is 0 Å². The van der Waals surface area contributed by atoms with E-state index in [0.717, 1.165) is 24.6 Å². The van der Waals surface area contributed by atoms with E-state index in [-0.39, 0.29) is 42.0 Å². The van der Waals surface area contributed by atoms with Gasteiger partial charge >= 0.3 is 11.9 Å². The number of ether oxygens (including phenoxy) is 1. The Bertz CT molecular complexity index is 441. The number of carbonyl (C=O) groups excluding carboxylic acids is 1. The van der Waals surface area contributed by atoms with Crippen molar-refractivity contribution >= 4 is 46.2 Å². The molecule has 150 valence electrons. The summed E-state index contributed by atoms with van der Waals surface area (Å²) >= 11 is 6.15. The first-order chi connectivity index (χ1) is 12.4. The lowest BCUT2D eigenvalue weighted by atomic mass is 10.1. The Kier molecular flexibility index (Phi) is 15.0. The number of hydrogen-bond donors (Lipinski definition) is 2. The third kappa shape index (κ3) is 14.9. The third-order valence-electron chi connectivity index (χ3n) is 3.58. The van der Waals surface area contributed by atoms with E-state index in [4.69, 9.17) is 27.2 Å². The van der Waals surface area contributed by atoms with Crippen LogP contribution in [0, 0.1) is 0 Å². The summed E-state index contributed by atoms with van der Waals surface area (Å²) in [6, 6.07) is 0. The van der Waals surface area contributed by atoms with Gasteiger partial charge in [0, 0.05) is 13.1 Å². The lowest BCUT2D eigenvalue weighted by Gasteiger charge is -2.21. The Morgan fingerprint density at radius 2 is 1.50 bits per heavy atom. The van der Waals surface area contributed by atoms with Crippen LogP contribution >= 0.6 is 24.0 Å². The van der Waals surface area contributed by atoms with E-state index >= 15 is 0 Å². The number of nitrogens with zero attached hydrogens (tertiary/aromatic N) is 1. The lowest BCUT2D eigenvalue weighted by Crippen LogP contribution is -2.36. The predicted octanol–water partition coefficient (Wildman–Crippen LogP) is 3.16. The summed E-state index contributed by atoms with van der Waals surface area (Å²) < 4.78 is 5.69. The maximum absolute atomic E-state index is 12.2. The number of thiocarbonyl (C=S) groups is 1. The van der Waals surface area contributed by atoms with Gasteiger partial charge in [0.2, 0.25) is 10.3 Å². The van der Waals surface area contributed by atoms with E-state index in [9.17, 15) is 14.4 Å². The van der Waals surface area contributed by atoms with Gasteiger partial charge in [0.1, 0.15) is 0 Å².